The third-order valence-corrected chi connectivity index (χ3v) is 8.03. The van der Waals surface area contributed by atoms with Gasteiger partial charge in [-0.2, -0.15) is 0 Å². The largest absolute Gasteiger partial charge is 0.370 e. The summed E-state index contributed by atoms with van der Waals surface area (Å²) < 4.78 is 68.7. The predicted octanol–water partition coefficient (Wildman–Crippen LogP) is 5.04. The Kier molecular flexibility index (Phi) is 7.15. The smallest absolute Gasteiger partial charge is 0.266 e. The third-order valence-electron chi connectivity index (χ3n) is 6.07. The number of likely N-dealkylation sites (N-methyl/N-ethyl adjacent to an activating group) is 1. The highest BCUT2D eigenvalue weighted by Crippen LogP contribution is 2.31. The van der Waals surface area contributed by atoms with E-state index in [1.165, 1.54) is 40.4 Å². The molecule has 0 amide bonds. The standard InChI is InChI=1S/C23H25F3N4O2S2/c1-15-19(6-7-20(22(15)24)34(31,32)28-21-13-33-14-27-21)29(2)18-8-9-30(12-18)11-16-4-3-5-17(10-16)23(25)26/h3-7,10,13-14,18,23,28H,8-9,11-12H2,1-2H3. The van der Waals surface area contributed by atoms with Gasteiger partial charge in [-0.05, 0) is 37.1 Å². The van der Waals surface area contributed by atoms with E-state index in [4.69, 9.17) is 0 Å². The normalized spacial score (nSPS) is 16.8. The van der Waals surface area contributed by atoms with Gasteiger partial charge in [0, 0.05) is 54.9 Å². The van der Waals surface area contributed by atoms with Crippen molar-refractivity contribution in [2.24, 2.45) is 0 Å². The molecule has 11 heteroatoms. The maximum absolute atomic E-state index is 15.2. The van der Waals surface area contributed by atoms with Crippen molar-refractivity contribution in [3.63, 3.8) is 0 Å². The van der Waals surface area contributed by atoms with Crippen molar-refractivity contribution in [1.29, 1.82) is 0 Å². The predicted molar refractivity (Wildman–Crippen MR) is 128 cm³/mol. The molecule has 0 spiro atoms. The third kappa shape index (κ3) is 5.21. The Morgan fingerprint density at radius 3 is 2.79 bits per heavy atom. The van der Waals surface area contributed by atoms with Crippen LogP contribution in [0.25, 0.3) is 0 Å². The summed E-state index contributed by atoms with van der Waals surface area (Å²) in [6.07, 6.45) is -1.68. The lowest BCUT2D eigenvalue weighted by Crippen LogP contribution is -2.35. The number of hydrogen-bond donors (Lipinski definition) is 1. The highest BCUT2D eigenvalue weighted by Gasteiger charge is 2.29. The molecule has 0 saturated carbocycles. The van der Waals surface area contributed by atoms with Crippen LogP contribution in [0.3, 0.4) is 0 Å². The molecular formula is C23H25F3N4O2S2. The number of likely N-dealkylation sites (tertiary alicyclic amines) is 1. The van der Waals surface area contributed by atoms with Crippen LogP contribution in [-0.2, 0) is 16.6 Å². The van der Waals surface area contributed by atoms with Gasteiger partial charge >= 0.3 is 0 Å². The van der Waals surface area contributed by atoms with Crippen molar-refractivity contribution in [2.45, 2.75) is 37.3 Å². The molecule has 1 fully saturated rings. The minimum Gasteiger partial charge on any atom is -0.370 e. The first-order valence-corrected chi connectivity index (χ1v) is 13.1. The van der Waals surface area contributed by atoms with Crippen molar-refractivity contribution in [1.82, 2.24) is 9.88 Å². The van der Waals surface area contributed by atoms with Crippen LogP contribution in [0.15, 0.2) is 52.2 Å². The number of alkyl halides is 2. The van der Waals surface area contributed by atoms with Gasteiger partial charge in [0.25, 0.3) is 16.4 Å². The van der Waals surface area contributed by atoms with Crippen molar-refractivity contribution in [3.05, 3.63) is 69.8 Å². The van der Waals surface area contributed by atoms with E-state index >= 15 is 4.39 Å². The Morgan fingerprint density at radius 2 is 2.09 bits per heavy atom. The van der Waals surface area contributed by atoms with Gasteiger partial charge in [-0.15, -0.1) is 11.3 Å². The lowest BCUT2D eigenvalue weighted by Gasteiger charge is -2.29. The average molecular weight is 511 g/mol. The van der Waals surface area contributed by atoms with E-state index in [-0.39, 0.29) is 23.0 Å². The fourth-order valence-electron chi connectivity index (χ4n) is 4.25. The van der Waals surface area contributed by atoms with E-state index in [1.807, 2.05) is 18.0 Å². The number of aromatic nitrogens is 1. The van der Waals surface area contributed by atoms with Crippen LogP contribution in [0.4, 0.5) is 24.7 Å². The second kappa shape index (κ2) is 9.93. The van der Waals surface area contributed by atoms with E-state index in [0.717, 1.165) is 18.5 Å². The molecule has 2 aromatic carbocycles. The second-order valence-electron chi connectivity index (χ2n) is 8.34. The molecule has 1 aromatic heterocycles. The number of hydrogen-bond acceptors (Lipinski definition) is 6. The van der Waals surface area contributed by atoms with Crippen molar-refractivity contribution in [2.75, 3.05) is 29.8 Å². The maximum Gasteiger partial charge on any atom is 0.266 e. The molecule has 6 nitrogen and oxygen atoms in total. The average Bonchev–Trinajstić information content (AvgIpc) is 3.47. The molecule has 2 heterocycles. The number of thiazole rings is 1. The Balaban J connectivity index is 1.46. The summed E-state index contributed by atoms with van der Waals surface area (Å²) in [6.45, 7) is 3.57. The van der Waals surface area contributed by atoms with Crippen LogP contribution < -0.4 is 9.62 Å². The zero-order valence-electron chi connectivity index (χ0n) is 18.7. The number of anilines is 2. The number of benzene rings is 2. The van der Waals surface area contributed by atoms with E-state index in [1.54, 1.807) is 19.1 Å². The van der Waals surface area contributed by atoms with Gasteiger partial charge in [-0.3, -0.25) is 9.62 Å². The van der Waals surface area contributed by atoms with E-state index < -0.39 is 27.2 Å². The molecular weight excluding hydrogens is 485 g/mol. The lowest BCUT2D eigenvalue weighted by atomic mass is 10.1. The summed E-state index contributed by atoms with van der Waals surface area (Å²) in [6, 6.07) is 9.38. The highest BCUT2D eigenvalue weighted by atomic mass is 32.2. The fraction of sp³-hybridized carbons (Fsp3) is 0.348. The quantitative estimate of drug-likeness (QED) is 0.460. The minimum atomic E-state index is -4.11. The van der Waals surface area contributed by atoms with Gasteiger partial charge in [0.2, 0.25) is 0 Å². The number of nitrogens with one attached hydrogen (secondary N) is 1. The maximum atomic E-state index is 15.2. The van der Waals surface area contributed by atoms with Crippen LogP contribution in [0.1, 0.15) is 29.5 Å². The first kappa shape index (κ1) is 24.5. The lowest BCUT2D eigenvalue weighted by molar-refractivity contribution is 0.151. The molecule has 4 rings (SSSR count). The van der Waals surface area contributed by atoms with Crippen molar-refractivity contribution in [3.8, 4) is 0 Å². The van der Waals surface area contributed by atoms with E-state index in [9.17, 15) is 17.2 Å². The van der Waals surface area contributed by atoms with Crippen LogP contribution in [0.2, 0.25) is 0 Å². The summed E-state index contributed by atoms with van der Waals surface area (Å²) in [5.41, 5.74) is 3.17. The molecule has 3 aromatic rings. The number of halogens is 3. The van der Waals surface area contributed by atoms with Crippen molar-refractivity contribution < 1.29 is 21.6 Å². The molecule has 0 aliphatic carbocycles. The Bertz CT molecular complexity index is 1250. The molecule has 182 valence electrons. The van der Waals surface area contributed by atoms with Crippen LogP contribution in [-0.4, -0.2) is 44.5 Å². The fourth-order valence-corrected chi connectivity index (χ4v) is 5.94. The summed E-state index contributed by atoms with van der Waals surface area (Å²) in [5, 5.41) is 1.53. The molecule has 1 N–H and O–H groups in total. The molecule has 1 atom stereocenters. The zero-order chi connectivity index (χ0) is 24.5. The molecule has 1 saturated heterocycles. The minimum absolute atomic E-state index is 0.00998. The monoisotopic (exact) mass is 510 g/mol. The first-order valence-electron chi connectivity index (χ1n) is 10.7. The topological polar surface area (TPSA) is 65.5 Å². The SMILES string of the molecule is Cc1c(N(C)C2CCN(Cc3cccc(C(F)F)c3)C2)ccc(S(=O)(=O)Nc2cscn2)c1F. The summed E-state index contributed by atoms with van der Waals surface area (Å²) in [7, 11) is -2.26. The Morgan fingerprint density at radius 1 is 1.29 bits per heavy atom. The van der Waals surface area contributed by atoms with Gasteiger partial charge in [0.1, 0.15) is 10.7 Å². The second-order valence-corrected chi connectivity index (χ2v) is 10.7. The van der Waals surface area contributed by atoms with Crippen molar-refractivity contribution >= 4 is 32.9 Å². The van der Waals surface area contributed by atoms with Gasteiger partial charge in [0.15, 0.2) is 5.82 Å². The molecule has 1 aliphatic rings. The van der Waals surface area contributed by atoms with Crippen LogP contribution in [0, 0.1) is 12.7 Å². The highest BCUT2D eigenvalue weighted by molar-refractivity contribution is 7.92. The molecule has 34 heavy (non-hydrogen) atoms. The molecule has 0 bridgehead atoms. The number of sulfonamides is 1. The number of nitrogens with zero attached hydrogens (tertiary/aromatic N) is 3. The summed E-state index contributed by atoms with van der Waals surface area (Å²) in [4.78, 5) is 7.59. The van der Waals surface area contributed by atoms with Gasteiger partial charge < -0.3 is 4.90 Å². The summed E-state index contributed by atoms with van der Waals surface area (Å²) in [5.74, 6) is -0.654. The first-order chi connectivity index (χ1) is 16.2. The van der Waals surface area contributed by atoms with Crippen LogP contribution in [0.5, 0.6) is 0 Å². The molecule has 1 aliphatic heterocycles. The van der Waals surface area contributed by atoms with Crippen LogP contribution >= 0.6 is 11.3 Å². The Labute approximate surface area is 201 Å². The zero-order valence-corrected chi connectivity index (χ0v) is 20.3. The molecule has 1 unspecified atom stereocenters. The van der Waals surface area contributed by atoms with Gasteiger partial charge in [-0.25, -0.2) is 26.6 Å². The van der Waals surface area contributed by atoms with E-state index in [2.05, 4.69) is 14.6 Å². The Hall–Kier alpha value is -2.63. The van der Waals surface area contributed by atoms with Gasteiger partial charge in [0.05, 0.1) is 5.51 Å². The van der Waals surface area contributed by atoms with Gasteiger partial charge in [-0.1, -0.05) is 18.2 Å². The number of rotatable bonds is 8. The van der Waals surface area contributed by atoms with E-state index in [0.29, 0.717) is 18.8 Å². The molecule has 0 radical (unpaired) electrons. The summed E-state index contributed by atoms with van der Waals surface area (Å²) >= 11 is 1.23.